The molecule has 0 bridgehead atoms. The Kier molecular flexibility index (Phi) is 8.34. The van der Waals surface area contributed by atoms with Crippen molar-refractivity contribution in [2.45, 2.75) is 45.6 Å². The van der Waals surface area contributed by atoms with Gasteiger partial charge in [0.2, 0.25) is 5.91 Å². The molecule has 182 valence electrons. The van der Waals surface area contributed by atoms with Crippen molar-refractivity contribution in [3.05, 3.63) is 66.4 Å². The molecule has 0 spiro atoms. The van der Waals surface area contributed by atoms with Crippen LogP contribution in [0.15, 0.2) is 60.8 Å². The van der Waals surface area contributed by atoms with E-state index in [0.717, 1.165) is 34.7 Å². The van der Waals surface area contributed by atoms with Crippen LogP contribution in [-0.4, -0.2) is 49.8 Å². The van der Waals surface area contributed by atoms with Crippen LogP contribution in [0.1, 0.15) is 45.1 Å². The molecular formula is C27H36N4O3. The normalized spacial score (nSPS) is 16.0. The molecule has 2 atom stereocenters. The second kappa shape index (κ2) is 11.2. The monoisotopic (exact) mass is 464 g/mol. The summed E-state index contributed by atoms with van der Waals surface area (Å²) in [5, 5.41) is 12.4. The Morgan fingerprint density at radius 3 is 2.53 bits per heavy atom. The summed E-state index contributed by atoms with van der Waals surface area (Å²) in [7, 11) is 1.77. The van der Waals surface area contributed by atoms with Gasteiger partial charge in [-0.3, -0.25) is 14.6 Å². The number of benzene rings is 2. The number of nitrogens with one attached hydrogen (secondary N) is 1. The van der Waals surface area contributed by atoms with Gasteiger partial charge < -0.3 is 15.3 Å². The Hall–Kier alpha value is -3.32. The molecule has 7 nitrogen and oxygen atoms in total. The van der Waals surface area contributed by atoms with Crippen molar-refractivity contribution in [2.75, 3.05) is 41.4 Å². The Morgan fingerprint density at radius 2 is 1.91 bits per heavy atom. The van der Waals surface area contributed by atoms with E-state index in [9.17, 15) is 9.59 Å². The fourth-order valence-electron chi connectivity index (χ4n) is 4.49. The lowest BCUT2D eigenvalue weighted by Crippen LogP contribution is -2.54. The van der Waals surface area contributed by atoms with Gasteiger partial charge in [0.05, 0.1) is 17.4 Å². The van der Waals surface area contributed by atoms with Gasteiger partial charge in [-0.25, -0.2) is 4.79 Å². The van der Waals surface area contributed by atoms with Gasteiger partial charge in [-0.05, 0) is 43.2 Å². The molecule has 0 fully saturated rings. The van der Waals surface area contributed by atoms with E-state index in [1.165, 1.54) is 0 Å². The fraction of sp³-hybridized carbons (Fsp3) is 0.407. The summed E-state index contributed by atoms with van der Waals surface area (Å²) in [6.07, 6.45) is 1.41. The highest BCUT2D eigenvalue weighted by Crippen LogP contribution is 2.39. The van der Waals surface area contributed by atoms with E-state index < -0.39 is 0 Å². The molecule has 2 aromatic rings. The van der Waals surface area contributed by atoms with E-state index in [1.54, 1.807) is 28.7 Å². The van der Waals surface area contributed by atoms with Crippen LogP contribution >= 0.6 is 0 Å². The molecule has 1 unspecified atom stereocenters. The quantitative estimate of drug-likeness (QED) is 0.604. The van der Waals surface area contributed by atoms with Gasteiger partial charge >= 0.3 is 6.03 Å². The number of fused-ring (bicyclic) bond motifs is 1. The molecular weight excluding hydrogens is 428 g/mol. The lowest BCUT2D eigenvalue weighted by atomic mass is 9.94. The number of hydrogen-bond acceptors (Lipinski definition) is 4. The van der Waals surface area contributed by atoms with Gasteiger partial charge in [-0.2, -0.15) is 0 Å². The van der Waals surface area contributed by atoms with Crippen molar-refractivity contribution in [3.63, 3.8) is 0 Å². The zero-order valence-electron chi connectivity index (χ0n) is 20.6. The van der Waals surface area contributed by atoms with Crippen molar-refractivity contribution in [3.8, 4) is 0 Å². The van der Waals surface area contributed by atoms with E-state index in [1.807, 2.05) is 55.5 Å². The lowest BCUT2D eigenvalue weighted by molar-refractivity contribution is -0.117. The van der Waals surface area contributed by atoms with Gasteiger partial charge in [0.1, 0.15) is 0 Å². The number of carbonyl (C=O) groups is 2. The van der Waals surface area contributed by atoms with E-state index in [2.05, 4.69) is 18.8 Å². The molecule has 2 aromatic carbocycles. The zero-order valence-corrected chi connectivity index (χ0v) is 20.6. The van der Waals surface area contributed by atoms with Crippen molar-refractivity contribution in [2.24, 2.45) is 0 Å². The fourth-order valence-corrected chi connectivity index (χ4v) is 4.49. The zero-order chi connectivity index (χ0) is 24.8. The summed E-state index contributed by atoms with van der Waals surface area (Å²) in [5.41, 5.74) is 4.19. The van der Waals surface area contributed by atoms with Crippen LogP contribution in [0.5, 0.6) is 0 Å². The highest BCUT2D eigenvalue weighted by molar-refractivity contribution is 6.08. The van der Waals surface area contributed by atoms with Gasteiger partial charge in [-0.15, -0.1) is 0 Å². The number of para-hydroxylation sites is 1. The van der Waals surface area contributed by atoms with Gasteiger partial charge in [0.25, 0.3) is 0 Å². The van der Waals surface area contributed by atoms with E-state index >= 15 is 0 Å². The molecule has 1 heterocycles. The Morgan fingerprint density at radius 1 is 1.21 bits per heavy atom. The maximum Gasteiger partial charge on any atom is 0.328 e. The number of urea groups is 1. The molecule has 0 aromatic heterocycles. The van der Waals surface area contributed by atoms with Crippen molar-refractivity contribution in [1.82, 2.24) is 5.32 Å². The second-order valence-electron chi connectivity index (χ2n) is 8.84. The van der Waals surface area contributed by atoms with Crippen LogP contribution in [0.25, 0.3) is 0 Å². The van der Waals surface area contributed by atoms with Crippen LogP contribution < -0.4 is 20.0 Å². The predicted molar refractivity (Wildman–Crippen MR) is 139 cm³/mol. The van der Waals surface area contributed by atoms with Gasteiger partial charge in [0.15, 0.2) is 0 Å². The molecule has 2 N–H and O–H groups in total. The first-order valence-electron chi connectivity index (χ1n) is 11.8. The topological polar surface area (TPSA) is 76.1 Å². The molecule has 0 saturated carbocycles. The van der Waals surface area contributed by atoms with Gasteiger partial charge in [-0.1, -0.05) is 37.8 Å². The van der Waals surface area contributed by atoms with E-state index in [-0.39, 0.29) is 30.5 Å². The summed E-state index contributed by atoms with van der Waals surface area (Å²) in [4.78, 5) is 31.3. The molecule has 1 aliphatic rings. The van der Waals surface area contributed by atoms with Crippen LogP contribution in [0.3, 0.4) is 0 Å². The van der Waals surface area contributed by atoms with Crippen LogP contribution in [0.4, 0.5) is 21.9 Å². The van der Waals surface area contributed by atoms with Crippen molar-refractivity contribution < 1.29 is 14.7 Å². The maximum absolute atomic E-state index is 13.6. The van der Waals surface area contributed by atoms with Crippen molar-refractivity contribution >= 4 is 29.0 Å². The highest BCUT2D eigenvalue weighted by Gasteiger charge is 2.35. The molecule has 0 radical (unpaired) electrons. The molecule has 3 amide bonds. The molecule has 0 saturated heterocycles. The Balaban J connectivity index is 1.97. The molecule has 1 aliphatic heterocycles. The molecule has 7 heteroatoms. The first-order chi connectivity index (χ1) is 16.3. The first-order valence-corrected chi connectivity index (χ1v) is 11.8. The number of rotatable bonds is 8. The standard InChI is InChI=1S/C27H36N4O3/c1-6-22(17-28-19(2)14-15-32)23-12-13-25-26(16-23)30(18-20(3)31(25)21(4)33)27(34)29(5)24-10-8-7-9-11-24/h7-13,16,20,22,28,32H,2,6,14-15,17-18H2,1,3-5H3/t20-,22?/m0/s1. The number of aliphatic hydroxyl groups is 1. The summed E-state index contributed by atoms with van der Waals surface area (Å²) < 4.78 is 0. The second-order valence-corrected chi connectivity index (χ2v) is 8.84. The number of aliphatic hydroxyl groups excluding tert-OH is 1. The third kappa shape index (κ3) is 5.42. The average molecular weight is 465 g/mol. The minimum atomic E-state index is -0.144. The van der Waals surface area contributed by atoms with Crippen LogP contribution in [0.2, 0.25) is 0 Å². The molecule has 0 aliphatic carbocycles. The lowest BCUT2D eigenvalue weighted by Gasteiger charge is -2.42. The maximum atomic E-state index is 13.6. The number of hydrogen-bond donors (Lipinski definition) is 2. The molecule has 34 heavy (non-hydrogen) atoms. The highest BCUT2D eigenvalue weighted by atomic mass is 16.3. The number of nitrogens with zero attached hydrogens (tertiary/aromatic N) is 3. The van der Waals surface area contributed by atoms with E-state index in [4.69, 9.17) is 5.11 Å². The van der Waals surface area contributed by atoms with Crippen LogP contribution in [0, 0.1) is 0 Å². The van der Waals surface area contributed by atoms with Crippen LogP contribution in [-0.2, 0) is 4.79 Å². The summed E-state index contributed by atoms with van der Waals surface area (Å²) in [5.74, 6) is 0.147. The van der Waals surface area contributed by atoms with E-state index in [0.29, 0.717) is 19.5 Å². The first kappa shape index (κ1) is 25.3. The average Bonchev–Trinajstić information content (AvgIpc) is 2.83. The number of amides is 3. The summed E-state index contributed by atoms with van der Waals surface area (Å²) >= 11 is 0. The SMILES string of the molecule is C=C(CCO)NCC(CC)c1ccc2c(c1)N(C(=O)N(C)c1ccccc1)C[C@H](C)N2C(C)=O. The number of anilines is 3. The van der Waals surface area contributed by atoms with Crippen molar-refractivity contribution in [1.29, 1.82) is 0 Å². The van der Waals surface area contributed by atoms with Gasteiger partial charge in [0, 0.05) is 57.4 Å². The molecule has 3 rings (SSSR count). The largest absolute Gasteiger partial charge is 0.396 e. The number of carbonyl (C=O) groups excluding carboxylic acids is 2. The minimum absolute atomic E-state index is 0.0426. The predicted octanol–water partition coefficient (Wildman–Crippen LogP) is 4.48. The smallest absolute Gasteiger partial charge is 0.328 e. The summed E-state index contributed by atoms with van der Waals surface area (Å²) in [6.45, 7) is 10.8. The third-order valence-electron chi connectivity index (χ3n) is 6.41. The summed E-state index contributed by atoms with van der Waals surface area (Å²) in [6, 6.07) is 15.3. The minimum Gasteiger partial charge on any atom is -0.396 e. The Labute approximate surface area is 202 Å². The Bertz CT molecular complexity index is 1020. The third-order valence-corrected chi connectivity index (χ3v) is 6.41.